The molecule has 1 aromatic heterocycles. The number of imidazole rings is 1. The highest BCUT2D eigenvalue weighted by Gasteiger charge is 2.03. The molecule has 2 N–H and O–H groups in total. The van der Waals surface area contributed by atoms with Gasteiger partial charge in [0.05, 0.1) is 0 Å². The molecular formula is C15H18FN3O. The van der Waals surface area contributed by atoms with Gasteiger partial charge in [0.15, 0.2) is 0 Å². The number of hydrogen-bond acceptors (Lipinski definition) is 2. The average Bonchev–Trinajstić information content (AvgIpc) is 2.84. The fourth-order valence-corrected chi connectivity index (χ4v) is 1.93. The first-order chi connectivity index (χ1) is 9.63. The number of aryl methyl sites for hydroxylation is 2. The highest BCUT2D eigenvalue weighted by Crippen LogP contribution is 2.05. The van der Waals surface area contributed by atoms with Crippen molar-refractivity contribution in [2.75, 3.05) is 6.54 Å². The zero-order valence-electron chi connectivity index (χ0n) is 11.4. The Kier molecular flexibility index (Phi) is 4.87. The maximum atomic E-state index is 12.7. The third-order valence-electron chi connectivity index (χ3n) is 3.03. The first-order valence-electron chi connectivity index (χ1n) is 6.65. The van der Waals surface area contributed by atoms with Crippen LogP contribution in [0.5, 0.6) is 0 Å². The average molecular weight is 275 g/mol. The second-order valence-corrected chi connectivity index (χ2v) is 4.72. The summed E-state index contributed by atoms with van der Waals surface area (Å²) in [6.45, 7) is 2.48. The van der Waals surface area contributed by atoms with E-state index in [1.807, 2.05) is 6.92 Å². The lowest BCUT2D eigenvalue weighted by atomic mass is 10.1. The highest BCUT2D eigenvalue weighted by molar-refractivity contribution is 5.76. The fourth-order valence-electron chi connectivity index (χ4n) is 1.93. The van der Waals surface area contributed by atoms with Gasteiger partial charge in [-0.2, -0.15) is 0 Å². The number of hydrogen-bond donors (Lipinski definition) is 2. The van der Waals surface area contributed by atoms with E-state index in [9.17, 15) is 9.18 Å². The van der Waals surface area contributed by atoms with Crippen molar-refractivity contribution in [3.63, 3.8) is 0 Å². The van der Waals surface area contributed by atoms with Crippen molar-refractivity contribution in [1.29, 1.82) is 0 Å². The monoisotopic (exact) mass is 275 g/mol. The van der Waals surface area contributed by atoms with Gasteiger partial charge < -0.3 is 10.3 Å². The largest absolute Gasteiger partial charge is 0.356 e. The van der Waals surface area contributed by atoms with Gasteiger partial charge in [-0.25, -0.2) is 9.37 Å². The van der Waals surface area contributed by atoms with Crippen molar-refractivity contribution in [3.8, 4) is 0 Å². The predicted octanol–water partition coefficient (Wildman–Crippen LogP) is 2.15. The molecule has 4 nitrogen and oxygen atoms in total. The van der Waals surface area contributed by atoms with Crippen LogP contribution in [-0.2, 0) is 17.6 Å². The maximum Gasteiger partial charge on any atom is 0.220 e. The molecule has 2 aromatic rings. The summed E-state index contributed by atoms with van der Waals surface area (Å²) in [5.41, 5.74) is 1.98. The highest BCUT2D eigenvalue weighted by atomic mass is 19.1. The third-order valence-corrected chi connectivity index (χ3v) is 3.03. The zero-order valence-corrected chi connectivity index (χ0v) is 11.4. The first kappa shape index (κ1) is 14.2. The number of aromatic amines is 1. The second-order valence-electron chi connectivity index (χ2n) is 4.72. The molecular weight excluding hydrogens is 257 g/mol. The first-order valence-corrected chi connectivity index (χ1v) is 6.65. The lowest BCUT2D eigenvalue weighted by Crippen LogP contribution is -2.25. The Morgan fingerprint density at radius 1 is 1.30 bits per heavy atom. The molecule has 2 rings (SSSR count). The van der Waals surface area contributed by atoms with Crippen molar-refractivity contribution in [2.24, 2.45) is 0 Å². The van der Waals surface area contributed by atoms with Gasteiger partial charge in [0.2, 0.25) is 5.91 Å². The van der Waals surface area contributed by atoms with Crippen molar-refractivity contribution in [2.45, 2.75) is 26.2 Å². The van der Waals surface area contributed by atoms with Gasteiger partial charge in [-0.15, -0.1) is 0 Å². The number of carbonyl (C=O) groups is 1. The number of amides is 1. The summed E-state index contributed by atoms with van der Waals surface area (Å²) < 4.78 is 12.7. The molecule has 106 valence electrons. The predicted molar refractivity (Wildman–Crippen MR) is 74.8 cm³/mol. The Hall–Kier alpha value is -2.17. The van der Waals surface area contributed by atoms with Gasteiger partial charge >= 0.3 is 0 Å². The summed E-state index contributed by atoms with van der Waals surface area (Å²) in [5, 5.41) is 2.86. The van der Waals surface area contributed by atoms with Crippen LogP contribution in [0, 0.1) is 12.7 Å². The number of nitrogens with zero attached hydrogens (tertiary/aromatic N) is 1. The Morgan fingerprint density at radius 3 is 2.70 bits per heavy atom. The minimum Gasteiger partial charge on any atom is -0.356 e. The number of nitrogens with one attached hydrogen (secondary N) is 2. The van der Waals surface area contributed by atoms with E-state index in [1.165, 1.54) is 12.1 Å². The molecule has 0 aliphatic heterocycles. The molecule has 0 aliphatic carbocycles. The van der Waals surface area contributed by atoms with Crippen molar-refractivity contribution in [1.82, 2.24) is 15.3 Å². The van der Waals surface area contributed by atoms with E-state index in [2.05, 4.69) is 15.3 Å². The summed E-state index contributed by atoms with van der Waals surface area (Å²) in [6, 6.07) is 6.23. The minimum atomic E-state index is -0.256. The molecule has 0 bridgehead atoms. The number of benzene rings is 1. The van der Waals surface area contributed by atoms with Crippen LogP contribution in [-0.4, -0.2) is 22.4 Å². The standard InChI is InChI=1S/C15H18FN3O/c1-11-18-10-14(19-11)8-9-17-15(20)7-4-12-2-5-13(16)6-3-12/h2-3,5-6,10H,4,7-9H2,1H3,(H,17,20)(H,18,19). The van der Waals surface area contributed by atoms with Crippen LogP contribution >= 0.6 is 0 Å². The normalized spacial score (nSPS) is 10.5. The number of halogens is 1. The summed E-state index contributed by atoms with van der Waals surface area (Å²) in [5.74, 6) is 0.626. The molecule has 0 spiro atoms. The van der Waals surface area contributed by atoms with Gasteiger partial charge in [0, 0.05) is 31.3 Å². The molecule has 0 atom stereocenters. The topological polar surface area (TPSA) is 57.8 Å². The van der Waals surface area contributed by atoms with Crippen LogP contribution in [0.25, 0.3) is 0 Å². The molecule has 0 saturated carbocycles. The smallest absolute Gasteiger partial charge is 0.220 e. The lowest BCUT2D eigenvalue weighted by molar-refractivity contribution is -0.121. The molecule has 1 heterocycles. The van der Waals surface area contributed by atoms with E-state index in [4.69, 9.17) is 0 Å². The van der Waals surface area contributed by atoms with Crippen molar-refractivity contribution in [3.05, 3.63) is 53.4 Å². The number of H-pyrrole nitrogens is 1. The summed E-state index contributed by atoms with van der Waals surface area (Å²) >= 11 is 0. The zero-order chi connectivity index (χ0) is 14.4. The molecule has 0 radical (unpaired) electrons. The molecule has 0 saturated heterocycles. The maximum absolute atomic E-state index is 12.7. The SMILES string of the molecule is Cc1ncc(CCNC(=O)CCc2ccc(F)cc2)[nH]1. The van der Waals surface area contributed by atoms with E-state index >= 15 is 0 Å². The van der Waals surface area contributed by atoms with Crippen molar-refractivity contribution < 1.29 is 9.18 Å². The summed E-state index contributed by atoms with van der Waals surface area (Å²) in [7, 11) is 0. The Labute approximate surface area is 117 Å². The molecule has 20 heavy (non-hydrogen) atoms. The quantitative estimate of drug-likeness (QED) is 0.848. The number of aromatic nitrogens is 2. The molecule has 1 amide bonds. The van der Waals surface area contributed by atoms with Crippen LogP contribution < -0.4 is 5.32 Å². The molecule has 5 heteroatoms. The molecule has 0 aliphatic rings. The number of carbonyl (C=O) groups excluding carboxylic acids is 1. The molecule has 0 unspecified atom stereocenters. The van der Waals surface area contributed by atoms with Gasteiger partial charge in [-0.3, -0.25) is 4.79 Å². The summed E-state index contributed by atoms with van der Waals surface area (Å²) in [6.07, 6.45) is 3.55. The van der Waals surface area contributed by atoms with E-state index in [0.717, 1.165) is 23.5 Å². The lowest BCUT2D eigenvalue weighted by Gasteiger charge is -2.04. The van der Waals surface area contributed by atoms with Crippen LogP contribution in [0.15, 0.2) is 30.5 Å². The minimum absolute atomic E-state index is 0.00515. The van der Waals surface area contributed by atoms with Crippen LogP contribution in [0.2, 0.25) is 0 Å². The van der Waals surface area contributed by atoms with Gasteiger partial charge in [0.25, 0.3) is 0 Å². The van der Waals surface area contributed by atoms with E-state index in [1.54, 1.807) is 18.3 Å². The van der Waals surface area contributed by atoms with Crippen LogP contribution in [0.4, 0.5) is 4.39 Å². The van der Waals surface area contributed by atoms with Crippen molar-refractivity contribution >= 4 is 5.91 Å². The Balaban J connectivity index is 1.66. The van der Waals surface area contributed by atoms with Crippen LogP contribution in [0.1, 0.15) is 23.5 Å². The summed E-state index contributed by atoms with van der Waals surface area (Å²) in [4.78, 5) is 18.9. The third kappa shape index (κ3) is 4.50. The molecule has 1 aromatic carbocycles. The second kappa shape index (κ2) is 6.84. The Morgan fingerprint density at radius 2 is 2.05 bits per heavy atom. The molecule has 0 fully saturated rings. The fraction of sp³-hybridized carbons (Fsp3) is 0.333. The van der Waals surface area contributed by atoms with E-state index in [-0.39, 0.29) is 11.7 Å². The van der Waals surface area contributed by atoms with E-state index < -0.39 is 0 Å². The van der Waals surface area contributed by atoms with E-state index in [0.29, 0.717) is 19.4 Å². The van der Waals surface area contributed by atoms with Crippen LogP contribution in [0.3, 0.4) is 0 Å². The Bertz CT molecular complexity index is 563. The van der Waals surface area contributed by atoms with Gasteiger partial charge in [-0.05, 0) is 31.0 Å². The van der Waals surface area contributed by atoms with Gasteiger partial charge in [0.1, 0.15) is 11.6 Å². The number of rotatable bonds is 6. The van der Waals surface area contributed by atoms with Gasteiger partial charge in [-0.1, -0.05) is 12.1 Å².